The van der Waals surface area contributed by atoms with Gasteiger partial charge in [-0.25, -0.2) is 4.79 Å². The summed E-state index contributed by atoms with van der Waals surface area (Å²) in [6.07, 6.45) is 1.43. The highest BCUT2D eigenvalue weighted by atomic mass is 16.5. The Morgan fingerprint density at radius 3 is 2.61 bits per heavy atom. The van der Waals surface area contributed by atoms with Gasteiger partial charge in [-0.1, -0.05) is 19.0 Å². The molecule has 0 radical (unpaired) electrons. The third kappa shape index (κ3) is 6.33. The predicted molar refractivity (Wildman–Crippen MR) is 117 cm³/mol. The number of aromatic nitrogens is 2. The van der Waals surface area contributed by atoms with Crippen LogP contribution >= 0.6 is 0 Å². The Morgan fingerprint density at radius 1 is 1.19 bits per heavy atom. The lowest BCUT2D eigenvalue weighted by molar-refractivity contribution is 0.134. The molecule has 3 rings (SSSR count). The topological polar surface area (TPSA) is 93.0 Å². The highest BCUT2D eigenvalue weighted by Crippen LogP contribution is 2.25. The first-order valence-electron chi connectivity index (χ1n) is 10.8. The summed E-state index contributed by atoms with van der Waals surface area (Å²) in [4.78, 5) is 21.0. The summed E-state index contributed by atoms with van der Waals surface area (Å²) in [5, 5.41) is 6.95. The lowest BCUT2D eigenvalue weighted by Crippen LogP contribution is -2.51. The molecule has 0 unspecified atom stereocenters. The van der Waals surface area contributed by atoms with Crippen molar-refractivity contribution >= 4 is 6.03 Å². The number of piperazine rings is 1. The Kier molecular flexibility index (Phi) is 8.11. The fourth-order valence-electron chi connectivity index (χ4n) is 3.51. The van der Waals surface area contributed by atoms with Gasteiger partial charge < -0.3 is 24.2 Å². The van der Waals surface area contributed by atoms with Gasteiger partial charge in [0.05, 0.1) is 14.2 Å². The Labute approximate surface area is 183 Å². The third-order valence-electron chi connectivity index (χ3n) is 5.38. The van der Waals surface area contributed by atoms with E-state index >= 15 is 0 Å². The molecule has 1 fully saturated rings. The van der Waals surface area contributed by atoms with Crippen LogP contribution in [0.4, 0.5) is 4.79 Å². The molecule has 2 aromatic rings. The molecular weight excluding hydrogens is 398 g/mol. The number of hydrogen-bond acceptors (Lipinski definition) is 7. The molecule has 9 nitrogen and oxygen atoms in total. The van der Waals surface area contributed by atoms with Crippen molar-refractivity contribution in [3.8, 4) is 11.5 Å². The van der Waals surface area contributed by atoms with Gasteiger partial charge in [0.25, 0.3) is 0 Å². The zero-order chi connectivity index (χ0) is 22.2. The van der Waals surface area contributed by atoms with Crippen LogP contribution in [-0.2, 0) is 13.0 Å². The van der Waals surface area contributed by atoms with E-state index in [0.29, 0.717) is 31.9 Å². The molecule has 2 heterocycles. The second-order valence-electron chi connectivity index (χ2n) is 7.98. The highest BCUT2D eigenvalue weighted by Gasteiger charge is 2.22. The van der Waals surface area contributed by atoms with Crippen molar-refractivity contribution < 1.29 is 18.8 Å². The van der Waals surface area contributed by atoms with E-state index in [1.807, 2.05) is 36.9 Å². The number of carbonyl (C=O) groups is 1. The number of carbonyl (C=O) groups excluding carboxylic acids is 1. The Bertz CT molecular complexity index is 846. The molecule has 1 aromatic heterocycles. The maximum Gasteiger partial charge on any atom is 0.317 e. The van der Waals surface area contributed by atoms with E-state index in [4.69, 9.17) is 14.0 Å². The van der Waals surface area contributed by atoms with Gasteiger partial charge in [0.2, 0.25) is 5.89 Å². The first-order valence-corrected chi connectivity index (χ1v) is 10.8. The molecule has 170 valence electrons. The van der Waals surface area contributed by atoms with E-state index in [2.05, 4.69) is 20.4 Å². The molecule has 2 amide bonds. The van der Waals surface area contributed by atoms with Gasteiger partial charge in [0.15, 0.2) is 5.82 Å². The van der Waals surface area contributed by atoms with Crippen molar-refractivity contribution in [3.63, 3.8) is 0 Å². The van der Waals surface area contributed by atoms with E-state index in [1.54, 1.807) is 14.2 Å². The monoisotopic (exact) mass is 431 g/mol. The summed E-state index contributed by atoms with van der Waals surface area (Å²) in [5.74, 6) is 3.27. The van der Waals surface area contributed by atoms with E-state index in [-0.39, 0.29) is 11.9 Å². The fourth-order valence-corrected chi connectivity index (χ4v) is 3.51. The molecule has 1 N–H and O–H groups in total. The van der Waals surface area contributed by atoms with Crippen LogP contribution in [0.5, 0.6) is 11.5 Å². The number of ether oxygens (including phenoxy) is 2. The van der Waals surface area contributed by atoms with Gasteiger partial charge in [0.1, 0.15) is 11.5 Å². The minimum absolute atomic E-state index is 0.0213. The van der Waals surface area contributed by atoms with Gasteiger partial charge in [-0.05, 0) is 24.6 Å². The molecule has 0 bridgehead atoms. The largest absolute Gasteiger partial charge is 0.497 e. The lowest BCUT2D eigenvalue weighted by atomic mass is 10.1. The van der Waals surface area contributed by atoms with Crippen LogP contribution in [0.3, 0.4) is 0 Å². The minimum Gasteiger partial charge on any atom is -0.497 e. The summed E-state index contributed by atoms with van der Waals surface area (Å²) in [5.41, 5.74) is 1.08. The second kappa shape index (κ2) is 11.0. The molecule has 0 aliphatic carbocycles. The standard InChI is InChI=1S/C22H33N5O4/c1-16(2)21-24-20(31-25-21)6-5-9-23-22(28)27-12-10-26(11-13-27)15-17-14-18(29-3)7-8-19(17)30-4/h7-8,14,16H,5-6,9-13,15H2,1-4H3,(H,23,28). The summed E-state index contributed by atoms with van der Waals surface area (Å²) < 4.78 is 16.0. The Hall–Kier alpha value is -2.81. The molecule has 9 heteroatoms. The van der Waals surface area contributed by atoms with Crippen LogP contribution in [0.1, 0.15) is 43.5 Å². The van der Waals surface area contributed by atoms with Crippen molar-refractivity contribution in [1.82, 2.24) is 25.3 Å². The summed E-state index contributed by atoms with van der Waals surface area (Å²) in [6.45, 7) is 8.42. The van der Waals surface area contributed by atoms with Crippen molar-refractivity contribution in [3.05, 3.63) is 35.5 Å². The SMILES string of the molecule is COc1ccc(OC)c(CN2CCN(C(=O)NCCCc3nc(C(C)C)no3)CC2)c1. The number of benzene rings is 1. The van der Waals surface area contributed by atoms with Crippen molar-refractivity contribution in [2.24, 2.45) is 0 Å². The number of urea groups is 1. The van der Waals surface area contributed by atoms with E-state index in [9.17, 15) is 4.79 Å². The molecule has 1 aliphatic heterocycles. The molecular formula is C22H33N5O4. The number of nitrogens with zero attached hydrogens (tertiary/aromatic N) is 4. The van der Waals surface area contributed by atoms with Crippen LogP contribution in [-0.4, -0.2) is 72.9 Å². The van der Waals surface area contributed by atoms with E-state index < -0.39 is 0 Å². The van der Waals surface area contributed by atoms with E-state index in [1.165, 1.54) is 0 Å². The maximum atomic E-state index is 12.5. The van der Waals surface area contributed by atoms with Crippen molar-refractivity contribution in [2.75, 3.05) is 46.9 Å². The van der Waals surface area contributed by atoms with E-state index in [0.717, 1.165) is 48.9 Å². The molecule has 0 spiro atoms. The summed E-state index contributed by atoms with van der Waals surface area (Å²) in [7, 11) is 3.34. The summed E-state index contributed by atoms with van der Waals surface area (Å²) in [6, 6.07) is 5.81. The molecule has 31 heavy (non-hydrogen) atoms. The Morgan fingerprint density at radius 2 is 1.97 bits per heavy atom. The predicted octanol–water partition coefficient (Wildman–Crippen LogP) is 2.67. The number of methoxy groups -OCH3 is 2. The highest BCUT2D eigenvalue weighted by molar-refractivity contribution is 5.74. The summed E-state index contributed by atoms with van der Waals surface area (Å²) >= 11 is 0. The van der Waals surface area contributed by atoms with Gasteiger partial charge in [-0.3, -0.25) is 4.90 Å². The Balaban J connectivity index is 1.38. The average Bonchev–Trinajstić information content (AvgIpc) is 3.26. The minimum atomic E-state index is -0.0213. The molecule has 1 aromatic carbocycles. The zero-order valence-corrected chi connectivity index (χ0v) is 18.9. The molecule has 1 aliphatic rings. The van der Waals surface area contributed by atoms with Crippen LogP contribution in [0.15, 0.2) is 22.7 Å². The quantitative estimate of drug-likeness (QED) is 0.610. The van der Waals surface area contributed by atoms with Crippen molar-refractivity contribution in [2.45, 2.75) is 39.2 Å². The molecule has 0 saturated carbocycles. The smallest absolute Gasteiger partial charge is 0.317 e. The number of aryl methyl sites for hydroxylation is 1. The van der Waals surface area contributed by atoms with Crippen LogP contribution in [0, 0.1) is 0 Å². The normalized spacial score (nSPS) is 14.7. The first kappa shape index (κ1) is 22.9. The third-order valence-corrected chi connectivity index (χ3v) is 5.38. The number of hydrogen-bond donors (Lipinski definition) is 1. The fraction of sp³-hybridized carbons (Fsp3) is 0.591. The van der Waals surface area contributed by atoms with Crippen LogP contribution < -0.4 is 14.8 Å². The second-order valence-corrected chi connectivity index (χ2v) is 7.98. The van der Waals surface area contributed by atoms with Crippen LogP contribution in [0.25, 0.3) is 0 Å². The molecule has 1 saturated heterocycles. The first-order chi connectivity index (χ1) is 15.0. The zero-order valence-electron chi connectivity index (χ0n) is 18.9. The van der Waals surface area contributed by atoms with Gasteiger partial charge in [-0.15, -0.1) is 0 Å². The van der Waals surface area contributed by atoms with Crippen molar-refractivity contribution in [1.29, 1.82) is 0 Å². The average molecular weight is 432 g/mol. The molecule has 0 atom stereocenters. The number of nitrogens with one attached hydrogen (secondary N) is 1. The van der Waals surface area contributed by atoms with Gasteiger partial charge in [-0.2, -0.15) is 4.98 Å². The number of rotatable bonds is 9. The van der Waals surface area contributed by atoms with Gasteiger partial charge >= 0.3 is 6.03 Å². The lowest BCUT2D eigenvalue weighted by Gasteiger charge is -2.35. The maximum absolute atomic E-state index is 12.5. The van der Waals surface area contributed by atoms with Crippen LogP contribution in [0.2, 0.25) is 0 Å². The van der Waals surface area contributed by atoms with Gasteiger partial charge in [0, 0.05) is 57.2 Å². The number of amides is 2.